The quantitative estimate of drug-likeness (QED) is 0.381. The summed E-state index contributed by atoms with van der Waals surface area (Å²) in [6, 6.07) is 9.99. The van der Waals surface area contributed by atoms with Gasteiger partial charge in [-0.1, -0.05) is 44.7 Å². The van der Waals surface area contributed by atoms with Gasteiger partial charge in [-0.05, 0) is 24.1 Å². The van der Waals surface area contributed by atoms with E-state index in [1.807, 2.05) is 36.2 Å². The first-order valence-electron chi connectivity index (χ1n) is 8.67. The second-order valence-corrected chi connectivity index (χ2v) is 5.88. The monoisotopic (exact) mass is 328 g/mol. The molecule has 1 amide bonds. The molecule has 1 rings (SSSR count). The number of amides is 1. The highest BCUT2D eigenvalue weighted by molar-refractivity contribution is 5.82. The van der Waals surface area contributed by atoms with Crippen LogP contribution in [0.25, 0.3) is 0 Å². The number of carbonyl (C=O) groups is 1. The van der Waals surface area contributed by atoms with Crippen LogP contribution in [0.4, 0.5) is 5.69 Å². The van der Waals surface area contributed by atoms with Crippen LogP contribution < -0.4 is 10.3 Å². The number of anilines is 1. The standard InChI is InChI=1S/C19H28N4O/c1-3-4-5-6-7-9-19(24)22-21-16-17-10-12-18(13-11-17)23(2)15-8-14-20/h10-13,16H,3-9,15H2,1-2H3,(H,22,24)/b21-16+. The summed E-state index contributed by atoms with van der Waals surface area (Å²) in [5, 5.41) is 12.6. The summed E-state index contributed by atoms with van der Waals surface area (Å²) in [7, 11) is 1.96. The van der Waals surface area contributed by atoms with E-state index in [9.17, 15) is 4.79 Å². The molecule has 5 nitrogen and oxygen atoms in total. The van der Waals surface area contributed by atoms with Crippen molar-refractivity contribution in [2.75, 3.05) is 18.5 Å². The molecule has 130 valence electrons. The Bertz CT molecular complexity index is 545. The van der Waals surface area contributed by atoms with Crippen LogP contribution in [0.15, 0.2) is 29.4 Å². The van der Waals surface area contributed by atoms with E-state index in [2.05, 4.69) is 23.5 Å². The SMILES string of the molecule is CCCCCCCC(=O)N/N=C/c1ccc(N(C)CCC#N)cc1. The van der Waals surface area contributed by atoms with Gasteiger partial charge < -0.3 is 4.90 Å². The Hall–Kier alpha value is -2.35. The fraction of sp³-hybridized carbons (Fsp3) is 0.526. The lowest BCUT2D eigenvalue weighted by Crippen LogP contribution is -2.18. The molecule has 1 aromatic rings. The van der Waals surface area contributed by atoms with E-state index in [1.165, 1.54) is 19.3 Å². The van der Waals surface area contributed by atoms with Gasteiger partial charge >= 0.3 is 0 Å². The van der Waals surface area contributed by atoms with Crippen molar-refractivity contribution in [1.82, 2.24) is 5.43 Å². The Balaban J connectivity index is 2.31. The van der Waals surface area contributed by atoms with Crippen LogP contribution in [0.5, 0.6) is 0 Å². The number of benzene rings is 1. The molecule has 0 saturated heterocycles. The van der Waals surface area contributed by atoms with Crippen molar-refractivity contribution in [3.8, 4) is 6.07 Å². The predicted molar refractivity (Wildman–Crippen MR) is 99.1 cm³/mol. The maximum absolute atomic E-state index is 11.7. The van der Waals surface area contributed by atoms with Gasteiger partial charge in [-0.3, -0.25) is 4.79 Å². The first kappa shape index (κ1) is 19.7. The van der Waals surface area contributed by atoms with E-state index < -0.39 is 0 Å². The molecule has 0 aromatic heterocycles. The van der Waals surface area contributed by atoms with Crippen LogP contribution in [-0.2, 0) is 4.79 Å². The molecular weight excluding hydrogens is 300 g/mol. The minimum Gasteiger partial charge on any atom is -0.374 e. The lowest BCUT2D eigenvalue weighted by molar-refractivity contribution is -0.121. The largest absolute Gasteiger partial charge is 0.374 e. The van der Waals surface area contributed by atoms with Gasteiger partial charge in [-0.15, -0.1) is 0 Å². The van der Waals surface area contributed by atoms with E-state index in [4.69, 9.17) is 5.26 Å². The summed E-state index contributed by atoms with van der Waals surface area (Å²) in [6.45, 7) is 2.89. The van der Waals surface area contributed by atoms with Gasteiger partial charge in [0.1, 0.15) is 0 Å². The van der Waals surface area contributed by atoms with Crippen LogP contribution in [0, 0.1) is 11.3 Å². The summed E-state index contributed by atoms with van der Waals surface area (Å²) in [4.78, 5) is 13.7. The molecule has 0 saturated carbocycles. The first-order chi connectivity index (χ1) is 11.7. The van der Waals surface area contributed by atoms with Crippen LogP contribution in [0.3, 0.4) is 0 Å². The van der Waals surface area contributed by atoms with E-state index in [0.29, 0.717) is 19.4 Å². The molecular formula is C19H28N4O. The molecule has 0 aliphatic heterocycles. The van der Waals surface area contributed by atoms with Crippen molar-refractivity contribution in [3.63, 3.8) is 0 Å². The van der Waals surface area contributed by atoms with Gasteiger partial charge in [0.15, 0.2) is 0 Å². The normalized spacial score (nSPS) is 10.5. The molecule has 0 aliphatic carbocycles. The maximum Gasteiger partial charge on any atom is 0.240 e. The molecule has 0 spiro atoms. The fourth-order valence-electron chi connectivity index (χ4n) is 2.29. The van der Waals surface area contributed by atoms with Crippen LogP contribution in [0.2, 0.25) is 0 Å². The molecule has 0 radical (unpaired) electrons. The van der Waals surface area contributed by atoms with Crippen molar-refractivity contribution in [2.45, 2.75) is 51.9 Å². The van der Waals surface area contributed by atoms with Gasteiger partial charge in [0.25, 0.3) is 0 Å². The van der Waals surface area contributed by atoms with E-state index in [-0.39, 0.29) is 5.91 Å². The summed E-state index contributed by atoms with van der Waals surface area (Å²) < 4.78 is 0. The molecule has 0 aliphatic rings. The van der Waals surface area contributed by atoms with Crippen LogP contribution in [0.1, 0.15) is 57.4 Å². The predicted octanol–water partition coefficient (Wildman–Crippen LogP) is 3.85. The van der Waals surface area contributed by atoms with Gasteiger partial charge in [-0.25, -0.2) is 5.43 Å². The summed E-state index contributed by atoms with van der Waals surface area (Å²) in [6.07, 6.45) is 8.35. The number of unbranched alkanes of at least 4 members (excludes halogenated alkanes) is 4. The fourth-order valence-corrected chi connectivity index (χ4v) is 2.29. The highest BCUT2D eigenvalue weighted by atomic mass is 16.2. The zero-order valence-corrected chi connectivity index (χ0v) is 14.8. The Labute approximate surface area is 145 Å². The lowest BCUT2D eigenvalue weighted by Gasteiger charge is -2.17. The zero-order valence-electron chi connectivity index (χ0n) is 14.8. The summed E-state index contributed by atoms with van der Waals surface area (Å²) >= 11 is 0. The molecule has 24 heavy (non-hydrogen) atoms. The van der Waals surface area contributed by atoms with Crippen molar-refractivity contribution >= 4 is 17.8 Å². The van der Waals surface area contributed by atoms with Gasteiger partial charge in [0, 0.05) is 25.7 Å². The minimum absolute atomic E-state index is 0.0318. The lowest BCUT2D eigenvalue weighted by atomic mass is 10.1. The molecule has 1 aromatic carbocycles. The summed E-state index contributed by atoms with van der Waals surface area (Å²) in [5.41, 5.74) is 4.55. The van der Waals surface area contributed by atoms with Crippen molar-refractivity contribution in [3.05, 3.63) is 29.8 Å². The Kier molecular flexibility index (Phi) is 9.95. The number of nitrogens with one attached hydrogen (secondary N) is 1. The number of nitriles is 1. The minimum atomic E-state index is -0.0318. The highest BCUT2D eigenvalue weighted by Gasteiger charge is 2.01. The van der Waals surface area contributed by atoms with Crippen LogP contribution in [-0.4, -0.2) is 25.7 Å². The van der Waals surface area contributed by atoms with Gasteiger partial charge in [0.05, 0.1) is 18.7 Å². The Morgan fingerprint density at radius 2 is 1.96 bits per heavy atom. The topological polar surface area (TPSA) is 68.5 Å². The average Bonchev–Trinajstić information content (AvgIpc) is 2.60. The Morgan fingerprint density at radius 3 is 2.62 bits per heavy atom. The van der Waals surface area contributed by atoms with E-state index in [0.717, 1.165) is 24.1 Å². The third kappa shape index (κ3) is 8.33. The molecule has 0 atom stereocenters. The van der Waals surface area contributed by atoms with E-state index in [1.54, 1.807) is 6.21 Å². The van der Waals surface area contributed by atoms with Crippen molar-refractivity contribution < 1.29 is 4.79 Å². The molecule has 0 fully saturated rings. The average molecular weight is 328 g/mol. The Morgan fingerprint density at radius 1 is 1.25 bits per heavy atom. The third-order valence-corrected chi connectivity index (χ3v) is 3.80. The zero-order chi connectivity index (χ0) is 17.6. The molecule has 0 unspecified atom stereocenters. The molecule has 0 heterocycles. The number of carbonyl (C=O) groups excluding carboxylic acids is 1. The van der Waals surface area contributed by atoms with Crippen LogP contribution >= 0.6 is 0 Å². The number of rotatable bonds is 11. The van der Waals surface area contributed by atoms with Crippen molar-refractivity contribution in [1.29, 1.82) is 5.26 Å². The number of hydrogen-bond acceptors (Lipinski definition) is 4. The van der Waals surface area contributed by atoms with Gasteiger partial charge in [0.2, 0.25) is 5.91 Å². The number of hydrogen-bond donors (Lipinski definition) is 1. The van der Waals surface area contributed by atoms with E-state index >= 15 is 0 Å². The second kappa shape index (κ2) is 12.1. The maximum atomic E-state index is 11.7. The highest BCUT2D eigenvalue weighted by Crippen LogP contribution is 2.13. The summed E-state index contributed by atoms with van der Waals surface area (Å²) in [5.74, 6) is -0.0318. The number of nitrogens with zero attached hydrogens (tertiary/aromatic N) is 3. The second-order valence-electron chi connectivity index (χ2n) is 5.88. The molecule has 1 N–H and O–H groups in total. The smallest absolute Gasteiger partial charge is 0.240 e. The first-order valence-corrected chi connectivity index (χ1v) is 8.67. The van der Waals surface area contributed by atoms with Crippen molar-refractivity contribution in [2.24, 2.45) is 5.10 Å². The van der Waals surface area contributed by atoms with Gasteiger partial charge in [-0.2, -0.15) is 10.4 Å². The third-order valence-electron chi connectivity index (χ3n) is 3.80. The molecule has 0 bridgehead atoms. The number of hydrazone groups is 1. The molecule has 5 heteroatoms.